The smallest absolute Gasteiger partial charge is 0.418 e. The number of carbonyl (C=O) groups excluding carboxylic acids is 1. The first-order valence-electron chi connectivity index (χ1n) is 12.0. The van der Waals surface area contributed by atoms with Gasteiger partial charge in [-0.3, -0.25) is 0 Å². The minimum absolute atomic E-state index is 0.0950. The van der Waals surface area contributed by atoms with Crippen LogP contribution >= 0.6 is 27.7 Å². The summed E-state index contributed by atoms with van der Waals surface area (Å²) in [5.74, 6) is -0.833. The summed E-state index contributed by atoms with van der Waals surface area (Å²) < 4.78 is 47.4. The zero-order valence-corrected chi connectivity index (χ0v) is 25.5. The van der Waals surface area contributed by atoms with Gasteiger partial charge >= 0.3 is 6.09 Å². The molecule has 1 aliphatic heterocycles. The largest absolute Gasteiger partial charge is 0.443 e. The van der Waals surface area contributed by atoms with Gasteiger partial charge in [0.25, 0.3) is 0 Å². The van der Waals surface area contributed by atoms with Gasteiger partial charge in [0.05, 0.1) is 11.4 Å². The lowest BCUT2D eigenvalue weighted by Gasteiger charge is -2.38. The fraction of sp³-hybridized carbons (Fsp3) is 0.680. The van der Waals surface area contributed by atoms with Crippen molar-refractivity contribution in [1.82, 2.24) is 4.90 Å². The highest BCUT2D eigenvalue weighted by Gasteiger charge is 2.69. The van der Waals surface area contributed by atoms with E-state index in [0.29, 0.717) is 24.1 Å². The number of methoxy groups -OCH3 is 1. The zero-order valence-electron chi connectivity index (χ0n) is 22.1. The predicted octanol–water partition coefficient (Wildman–Crippen LogP) is 6.81. The summed E-state index contributed by atoms with van der Waals surface area (Å²) in [6, 6.07) is 5.37. The van der Waals surface area contributed by atoms with Crippen molar-refractivity contribution in [2.45, 2.75) is 68.8 Å². The number of hydrogen-bond donors (Lipinski definition) is 0. The van der Waals surface area contributed by atoms with E-state index in [0.717, 1.165) is 6.04 Å². The van der Waals surface area contributed by atoms with Crippen LogP contribution in [0.15, 0.2) is 27.7 Å². The molecule has 202 valence electrons. The molecule has 1 saturated carbocycles. The van der Waals surface area contributed by atoms with Crippen LogP contribution in [-0.2, 0) is 19.7 Å². The summed E-state index contributed by atoms with van der Waals surface area (Å²) in [7, 11) is 0.228. The van der Waals surface area contributed by atoms with Crippen molar-refractivity contribution in [3.05, 3.63) is 34.1 Å². The molecule has 6 nitrogen and oxygen atoms in total. The summed E-state index contributed by atoms with van der Waals surface area (Å²) in [5.41, 5.74) is -2.09. The average molecular weight is 608 g/mol. The van der Waals surface area contributed by atoms with Gasteiger partial charge in [-0.05, 0) is 51.4 Å². The molecular weight excluding hydrogens is 570 g/mol. The predicted molar refractivity (Wildman–Crippen MR) is 147 cm³/mol. The lowest BCUT2D eigenvalue weighted by molar-refractivity contribution is 0.0108. The van der Waals surface area contributed by atoms with Crippen molar-refractivity contribution in [3.8, 4) is 0 Å². The molecule has 2 aliphatic rings. The highest BCUT2D eigenvalue weighted by atomic mass is 79.9. The Kier molecular flexibility index (Phi) is 9.03. The van der Waals surface area contributed by atoms with E-state index in [-0.39, 0.29) is 23.4 Å². The Labute approximate surface area is 226 Å². The lowest BCUT2D eigenvalue weighted by Crippen LogP contribution is -2.47. The van der Waals surface area contributed by atoms with Crippen LogP contribution in [0.5, 0.6) is 0 Å². The number of benzene rings is 1. The Morgan fingerprint density at radius 1 is 1.33 bits per heavy atom. The molecule has 1 unspecified atom stereocenters. The van der Waals surface area contributed by atoms with Crippen LogP contribution in [0.2, 0.25) is 25.7 Å². The molecule has 1 aliphatic carbocycles. The number of hydrogen-bond acceptors (Lipinski definition) is 6. The van der Waals surface area contributed by atoms with Crippen LogP contribution < -0.4 is 0 Å². The zero-order chi connectivity index (χ0) is 26.9. The molecule has 0 spiro atoms. The molecule has 0 N–H and O–H groups in total. The highest BCUT2D eigenvalue weighted by molar-refractivity contribution is 9.10. The summed E-state index contributed by atoms with van der Waals surface area (Å²) in [4.78, 5) is 19.4. The first kappa shape index (κ1) is 29.5. The van der Waals surface area contributed by atoms with E-state index >= 15 is 8.78 Å². The van der Waals surface area contributed by atoms with E-state index in [4.69, 9.17) is 19.2 Å². The molecule has 1 fully saturated rings. The van der Waals surface area contributed by atoms with E-state index in [9.17, 15) is 4.79 Å². The number of alkyl halides is 1. The Balaban J connectivity index is 2.05. The van der Waals surface area contributed by atoms with Crippen LogP contribution in [0, 0.1) is 11.7 Å². The number of aliphatic imine (C=N–C) groups is 1. The fourth-order valence-electron chi connectivity index (χ4n) is 4.31. The molecule has 3 atom stereocenters. The van der Waals surface area contributed by atoms with E-state index < -0.39 is 42.5 Å². The van der Waals surface area contributed by atoms with E-state index in [2.05, 4.69) is 35.6 Å². The van der Waals surface area contributed by atoms with Crippen molar-refractivity contribution >= 4 is 47.0 Å². The summed E-state index contributed by atoms with van der Waals surface area (Å²) in [5, 5.41) is 0.250. The van der Waals surface area contributed by atoms with E-state index in [1.165, 1.54) is 22.7 Å². The van der Waals surface area contributed by atoms with Gasteiger partial charge in [0, 0.05) is 37.7 Å². The Morgan fingerprint density at radius 2 is 2.03 bits per heavy atom. The van der Waals surface area contributed by atoms with Crippen LogP contribution in [0.25, 0.3) is 0 Å². The van der Waals surface area contributed by atoms with E-state index in [1.54, 1.807) is 40.0 Å². The molecule has 11 heteroatoms. The van der Waals surface area contributed by atoms with Crippen LogP contribution in [0.3, 0.4) is 0 Å². The third-order valence-electron chi connectivity index (χ3n) is 6.24. The second-order valence-corrected chi connectivity index (χ2v) is 19.6. The normalized spacial score (nSPS) is 25.7. The quantitative estimate of drug-likeness (QED) is 0.175. The summed E-state index contributed by atoms with van der Waals surface area (Å²) >= 11 is 4.74. The molecule has 0 aromatic heterocycles. The number of amides is 1. The molecular formula is C25H37BrF2N2O4SSi. The van der Waals surface area contributed by atoms with Crippen LogP contribution in [0.1, 0.15) is 32.8 Å². The van der Waals surface area contributed by atoms with Crippen molar-refractivity contribution in [3.63, 3.8) is 0 Å². The maximum atomic E-state index is 15.1. The van der Waals surface area contributed by atoms with Gasteiger partial charge in [0.15, 0.2) is 5.17 Å². The minimum atomic E-state index is -1.49. The SMILES string of the molecule is COC[C@]12CC1[C@@](CF)(c1cc(Br)ccc1F)N=C(N(COCC[Si](C)(C)C)C(=O)OC(C)(C)C)S2. The van der Waals surface area contributed by atoms with Crippen molar-refractivity contribution in [2.75, 3.05) is 33.7 Å². The first-order valence-corrected chi connectivity index (χ1v) is 17.4. The maximum Gasteiger partial charge on any atom is 0.418 e. The number of carbonyl (C=O) groups is 1. The molecule has 1 amide bonds. The number of nitrogens with zero attached hydrogens (tertiary/aromatic N) is 2. The highest BCUT2D eigenvalue weighted by Crippen LogP contribution is 2.67. The molecule has 1 aromatic rings. The number of amidine groups is 1. The number of halogens is 3. The maximum absolute atomic E-state index is 15.1. The van der Waals surface area contributed by atoms with Crippen molar-refractivity contribution in [1.29, 1.82) is 0 Å². The lowest BCUT2D eigenvalue weighted by atomic mass is 9.85. The second-order valence-electron chi connectivity index (χ2n) is 11.7. The van der Waals surface area contributed by atoms with Gasteiger partial charge < -0.3 is 14.2 Å². The number of fused-ring (bicyclic) bond motifs is 1. The third kappa shape index (κ3) is 6.70. The molecule has 3 rings (SSSR count). The van der Waals surface area contributed by atoms with Crippen LogP contribution in [0.4, 0.5) is 13.6 Å². The van der Waals surface area contributed by atoms with Crippen LogP contribution in [-0.4, -0.2) is 68.3 Å². The van der Waals surface area contributed by atoms with Gasteiger partial charge in [-0.2, -0.15) is 0 Å². The number of rotatable bonds is 9. The number of thioether (sulfide) groups is 1. The molecule has 1 heterocycles. The fourth-order valence-corrected chi connectivity index (χ4v) is 7.01. The van der Waals surface area contributed by atoms with Gasteiger partial charge in [-0.1, -0.05) is 47.3 Å². The number of ether oxygens (including phenoxy) is 3. The van der Waals surface area contributed by atoms with Crippen molar-refractivity contribution < 1.29 is 27.8 Å². The summed E-state index contributed by atoms with van der Waals surface area (Å²) in [6.07, 6.45) is -0.0663. The second kappa shape index (κ2) is 11.0. The topological polar surface area (TPSA) is 60.4 Å². The summed E-state index contributed by atoms with van der Waals surface area (Å²) in [6.45, 7) is 11.8. The Morgan fingerprint density at radius 3 is 2.61 bits per heavy atom. The van der Waals surface area contributed by atoms with Gasteiger partial charge in [-0.25, -0.2) is 23.5 Å². The van der Waals surface area contributed by atoms with Gasteiger partial charge in [0.2, 0.25) is 0 Å². The Hall–Kier alpha value is -1.01. The molecule has 1 aromatic carbocycles. The third-order valence-corrected chi connectivity index (χ3v) is 9.91. The molecule has 0 radical (unpaired) electrons. The monoisotopic (exact) mass is 606 g/mol. The molecule has 0 saturated heterocycles. The molecule has 0 bridgehead atoms. The minimum Gasteiger partial charge on any atom is -0.443 e. The average Bonchev–Trinajstić information content (AvgIpc) is 3.47. The van der Waals surface area contributed by atoms with Crippen molar-refractivity contribution in [2.24, 2.45) is 10.9 Å². The van der Waals surface area contributed by atoms with Gasteiger partial charge in [0.1, 0.15) is 30.4 Å². The molecule has 36 heavy (non-hydrogen) atoms. The van der Waals surface area contributed by atoms with Gasteiger partial charge in [-0.15, -0.1) is 0 Å². The van der Waals surface area contributed by atoms with E-state index in [1.807, 2.05) is 0 Å². The first-order chi connectivity index (χ1) is 16.7. The Bertz CT molecular complexity index is 1000. The standard InChI is InChI=1S/C25H37BrF2N2O4SSi/c1-23(2,3)34-22(31)30(16-33-10-11-36(5,6)7)21-29-25(14-27,18-12-17(26)8-9-19(18)28)20-13-24(20,35-21)15-32-4/h8-9,12,20H,10-11,13-16H2,1-7H3/t20?,24-,25-/m1/s1.